The molecule has 11 nitrogen and oxygen atoms in total. The van der Waals surface area contributed by atoms with Crippen LogP contribution in [0.1, 0.15) is 0 Å². The first-order valence-corrected chi connectivity index (χ1v) is 7.50. The molecule has 9 atom stereocenters. The van der Waals surface area contributed by atoms with Crippen molar-refractivity contribution in [2.24, 2.45) is 0 Å². The molecule has 2 heterocycles. The molecule has 0 saturated carbocycles. The Balaban J connectivity index is 1.89. The summed E-state index contributed by atoms with van der Waals surface area (Å²) in [6, 6.07) is 0. The Morgan fingerprint density at radius 3 is 1.92 bits per heavy atom. The summed E-state index contributed by atoms with van der Waals surface area (Å²) in [4.78, 5) is 0. The quantitative estimate of drug-likeness (QED) is 0.227. The maximum atomic E-state index is 10.1. The van der Waals surface area contributed by atoms with Crippen LogP contribution < -0.4 is 0 Å². The maximum absolute atomic E-state index is 10.1. The minimum Gasteiger partial charge on any atom is -0.394 e. The summed E-state index contributed by atoms with van der Waals surface area (Å²) in [5, 5.41) is 76.7. The number of aliphatic hydroxyl groups is 8. The van der Waals surface area contributed by atoms with E-state index in [1.807, 2.05) is 0 Å². The molecular formula is C13H24O11. The zero-order valence-electron chi connectivity index (χ0n) is 12.7. The second-order valence-electron chi connectivity index (χ2n) is 6.00. The van der Waals surface area contributed by atoms with Gasteiger partial charge in [0.25, 0.3) is 0 Å². The van der Waals surface area contributed by atoms with Crippen LogP contribution in [0.5, 0.6) is 0 Å². The van der Waals surface area contributed by atoms with Crippen LogP contribution in [-0.2, 0) is 14.2 Å². The fourth-order valence-corrected chi connectivity index (χ4v) is 2.77. The van der Waals surface area contributed by atoms with Gasteiger partial charge in [0.2, 0.25) is 5.79 Å². The van der Waals surface area contributed by atoms with E-state index in [1.165, 1.54) is 0 Å². The van der Waals surface area contributed by atoms with Crippen LogP contribution in [0.3, 0.4) is 0 Å². The molecule has 2 saturated heterocycles. The lowest BCUT2D eigenvalue weighted by Crippen LogP contribution is -2.59. The van der Waals surface area contributed by atoms with E-state index in [-0.39, 0.29) is 6.61 Å². The Bertz CT molecular complexity index is 407. The minimum atomic E-state index is -2.26. The highest BCUT2D eigenvalue weighted by Gasteiger charge is 2.53. The van der Waals surface area contributed by atoms with Crippen molar-refractivity contribution in [1.82, 2.24) is 0 Å². The molecular weight excluding hydrogens is 332 g/mol. The Labute approximate surface area is 137 Å². The largest absolute Gasteiger partial charge is 0.394 e. The average molecular weight is 356 g/mol. The first kappa shape index (κ1) is 19.9. The van der Waals surface area contributed by atoms with E-state index in [4.69, 9.17) is 24.4 Å². The number of rotatable bonds is 6. The highest BCUT2D eigenvalue weighted by molar-refractivity contribution is 4.96. The van der Waals surface area contributed by atoms with Gasteiger partial charge in [-0.15, -0.1) is 0 Å². The van der Waals surface area contributed by atoms with Gasteiger partial charge < -0.3 is 55.1 Å². The summed E-state index contributed by atoms with van der Waals surface area (Å²) in [5.74, 6) is -2.26. The van der Waals surface area contributed by atoms with Crippen molar-refractivity contribution in [1.29, 1.82) is 0 Å². The van der Waals surface area contributed by atoms with E-state index >= 15 is 0 Å². The van der Waals surface area contributed by atoms with Gasteiger partial charge in [0.05, 0.1) is 19.8 Å². The highest BCUT2D eigenvalue weighted by atomic mass is 16.7. The number of hydrogen-bond donors (Lipinski definition) is 8. The predicted molar refractivity (Wildman–Crippen MR) is 73.5 cm³/mol. The van der Waals surface area contributed by atoms with Crippen molar-refractivity contribution in [2.75, 3.05) is 26.4 Å². The predicted octanol–water partition coefficient (Wildman–Crippen LogP) is -5.35. The fourth-order valence-electron chi connectivity index (χ4n) is 2.77. The third-order valence-electron chi connectivity index (χ3n) is 4.28. The topological polar surface area (TPSA) is 190 Å². The second kappa shape index (κ2) is 7.85. The van der Waals surface area contributed by atoms with Crippen LogP contribution in [-0.4, -0.2) is 122 Å². The third kappa shape index (κ3) is 3.71. The van der Waals surface area contributed by atoms with E-state index in [0.717, 1.165) is 0 Å². The van der Waals surface area contributed by atoms with E-state index in [2.05, 4.69) is 0 Å². The molecule has 11 heteroatoms. The molecule has 8 N–H and O–H groups in total. The van der Waals surface area contributed by atoms with Gasteiger partial charge in [0, 0.05) is 0 Å². The molecule has 0 aliphatic carbocycles. The van der Waals surface area contributed by atoms with Crippen molar-refractivity contribution in [3.63, 3.8) is 0 Å². The molecule has 2 rings (SSSR count). The molecule has 0 radical (unpaired) electrons. The minimum absolute atomic E-state index is 0.361. The number of ether oxygens (including phenoxy) is 3. The van der Waals surface area contributed by atoms with Crippen LogP contribution in [0.2, 0.25) is 0 Å². The SMILES string of the molecule is OC[C@H]1O[C@@](O)(COC[C@H]2O[C@H](CO)[C@@H](O)[C@H](O)[C@H]2O)[C@@H](O)[C@@H]1O. The van der Waals surface area contributed by atoms with Gasteiger partial charge in [0.15, 0.2) is 0 Å². The number of aliphatic hydroxyl groups excluding tert-OH is 7. The van der Waals surface area contributed by atoms with Crippen molar-refractivity contribution >= 4 is 0 Å². The van der Waals surface area contributed by atoms with Gasteiger partial charge in [-0.2, -0.15) is 0 Å². The standard InChI is InChI=1S/C13H24O11/c14-1-5-8(16)11(19)9(17)7(23-5)3-22-4-13(21)12(20)10(18)6(2-15)24-13/h5-12,14-21H,1-4H2/t5-,6-,7-,8-,9+,10-,11+,12+,13+/m1/s1. The first-order valence-electron chi connectivity index (χ1n) is 7.50. The maximum Gasteiger partial charge on any atom is 0.219 e. The summed E-state index contributed by atoms with van der Waals surface area (Å²) in [7, 11) is 0. The Morgan fingerprint density at radius 2 is 1.38 bits per heavy atom. The van der Waals surface area contributed by atoms with Crippen molar-refractivity contribution in [3.8, 4) is 0 Å². The van der Waals surface area contributed by atoms with Crippen molar-refractivity contribution in [3.05, 3.63) is 0 Å². The monoisotopic (exact) mass is 356 g/mol. The molecule has 0 aromatic rings. The molecule has 0 unspecified atom stereocenters. The van der Waals surface area contributed by atoms with Gasteiger partial charge in [-0.1, -0.05) is 0 Å². The molecule has 2 aliphatic rings. The molecule has 0 aromatic carbocycles. The van der Waals surface area contributed by atoms with Crippen LogP contribution in [0.4, 0.5) is 0 Å². The van der Waals surface area contributed by atoms with E-state index in [0.29, 0.717) is 0 Å². The Hall–Kier alpha value is -0.440. The normalized spacial score (nSPS) is 49.5. The number of hydrogen-bond acceptors (Lipinski definition) is 11. The van der Waals surface area contributed by atoms with Crippen LogP contribution >= 0.6 is 0 Å². The molecule has 142 valence electrons. The highest BCUT2D eigenvalue weighted by Crippen LogP contribution is 2.30. The van der Waals surface area contributed by atoms with Crippen LogP contribution in [0.25, 0.3) is 0 Å². The smallest absolute Gasteiger partial charge is 0.219 e. The van der Waals surface area contributed by atoms with Gasteiger partial charge in [-0.25, -0.2) is 0 Å². The first-order chi connectivity index (χ1) is 11.2. The molecule has 0 bridgehead atoms. The van der Waals surface area contributed by atoms with Crippen molar-refractivity contribution in [2.45, 2.75) is 54.6 Å². The molecule has 0 aromatic heterocycles. The second-order valence-corrected chi connectivity index (χ2v) is 6.00. The summed E-state index contributed by atoms with van der Waals surface area (Å²) in [6.45, 7) is -2.18. The molecule has 24 heavy (non-hydrogen) atoms. The van der Waals surface area contributed by atoms with Gasteiger partial charge >= 0.3 is 0 Å². The zero-order chi connectivity index (χ0) is 18.1. The van der Waals surface area contributed by atoms with Crippen LogP contribution in [0, 0.1) is 0 Å². The summed E-state index contributed by atoms with van der Waals surface area (Å²) in [6.07, 6.45) is -11.1. The van der Waals surface area contributed by atoms with Gasteiger partial charge in [0.1, 0.15) is 55.4 Å². The van der Waals surface area contributed by atoms with E-state index in [9.17, 15) is 30.6 Å². The van der Waals surface area contributed by atoms with Crippen molar-refractivity contribution < 1.29 is 55.1 Å². The lowest BCUT2D eigenvalue weighted by molar-refractivity contribution is -0.271. The summed E-state index contributed by atoms with van der Waals surface area (Å²) < 4.78 is 15.3. The zero-order valence-corrected chi connectivity index (χ0v) is 12.7. The van der Waals surface area contributed by atoms with Crippen LogP contribution in [0.15, 0.2) is 0 Å². The third-order valence-corrected chi connectivity index (χ3v) is 4.28. The van der Waals surface area contributed by atoms with E-state index < -0.39 is 74.4 Å². The Morgan fingerprint density at radius 1 is 0.792 bits per heavy atom. The van der Waals surface area contributed by atoms with Gasteiger partial charge in [-0.05, 0) is 0 Å². The molecule has 0 amide bonds. The fraction of sp³-hybridized carbons (Fsp3) is 1.00. The molecule has 2 aliphatic heterocycles. The average Bonchev–Trinajstić information content (AvgIpc) is 2.79. The lowest BCUT2D eigenvalue weighted by Gasteiger charge is -2.40. The summed E-state index contributed by atoms with van der Waals surface area (Å²) >= 11 is 0. The van der Waals surface area contributed by atoms with Gasteiger partial charge in [-0.3, -0.25) is 0 Å². The Kier molecular flexibility index (Phi) is 6.50. The lowest BCUT2D eigenvalue weighted by atomic mass is 9.95. The molecule has 0 spiro atoms. The summed E-state index contributed by atoms with van der Waals surface area (Å²) in [5.41, 5.74) is 0. The molecule has 2 fully saturated rings. The van der Waals surface area contributed by atoms with E-state index in [1.54, 1.807) is 0 Å².